The van der Waals surface area contributed by atoms with Gasteiger partial charge in [0.25, 0.3) is 11.8 Å². The Morgan fingerprint density at radius 2 is 1.97 bits per heavy atom. The number of carbonyl (C=O) groups excluding carboxylic acids is 2. The first-order valence-electron chi connectivity index (χ1n) is 11.8. The van der Waals surface area contributed by atoms with Crippen LogP contribution in [0.1, 0.15) is 56.9 Å². The molecule has 1 aliphatic heterocycles. The Labute approximate surface area is 198 Å². The number of nitrogens with zero attached hydrogens (tertiary/aromatic N) is 5. The molecule has 1 saturated heterocycles. The van der Waals surface area contributed by atoms with E-state index in [1.807, 2.05) is 29.3 Å². The van der Waals surface area contributed by atoms with Crippen molar-refractivity contribution in [3.63, 3.8) is 0 Å². The largest absolute Gasteiger partial charge is 0.384 e. The highest BCUT2D eigenvalue weighted by atomic mass is 16.3. The Morgan fingerprint density at radius 3 is 2.59 bits per heavy atom. The summed E-state index contributed by atoms with van der Waals surface area (Å²) in [7, 11) is 0. The highest BCUT2D eigenvalue weighted by Crippen LogP contribution is 2.32. The molecule has 0 saturated carbocycles. The minimum Gasteiger partial charge on any atom is -0.384 e. The lowest BCUT2D eigenvalue weighted by molar-refractivity contribution is -0.141. The van der Waals surface area contributed by atoms with Gasteiger partial charge in [0.15, 0.2) is 0 Å². The van der Waals surface area contributed by atoms with E-state index in [4.69, 9.17) is 5.73 Å². The van der Waals surface area contributed by atoms with Crippen LogP contribution in [-0.4, -0.2) is 66.5 Å². The predicted octanol–water partition coefficient (Wildman–Crippen LogP) is 2.30. The van der Waals surface area contributed by atoms with Crippen molar-refractivity contribution in [2.24, 2.45) is 11.7 Å². The molecule has 10 heteroatoms. The van der Waals surface area contributed by atoms with Crippen LogP contribution in [0.15, 0.2) is 30.9 Å². The fraction of sp³-hybridized carbons (Fsp3) is 0.500. The molecule has 3 atom stereocenters. The zero-order valence-corrected chi connectivity index (χ0v) is 20.1. The number of likely N-dealkylation sites (tertiary alicyclic amines) is 1. The maximum Gasteiger partial charge on any atom is 0.252 e. The van der Waals surface area contributed by atoms with Gasteiger partial charge in [0.2, 0.25) is 0 Å². The number of fused-ring (bicyclic) bond motifs is 1. The molecule has 3 aromatic rings. The quantitative estimate of drug-likeness (QED) is 0.489. The summed E-state index contributed by atoms with van der Waals surface area (Å²) in [5, 5.41) is 22.1. The van der Waals surface area contributed by atoms with Crippen LogP contribution in [0.25, 0.3) is 16.6 Å². The molecule has 1 fully saturated rings. The van der Waals surface area contributed by atoms with Crippen LogP contribution in [0.3, 0.4) is 0 Å². The molecule has 0 bridgehead atoms. The van der Waals surface area contributed by atoms with E-state index in [0.717, 1.165) is 23.1 Å². The summed E-state index contributed by atoms with van der Waals surface area (Å²) in [5.74, 6) is -0.647. The molecule has 4 N–H and O–H groups in total. The van der Waals surface area contributed by atoms with Gasteiger partial charge in [-0.3, -0.25) is 14.3 Å². The van der Waals surface area contributed by atoms with Gasteiger partial charge >= 0.3 is 0 Å². The van der Waals surface area contributed by atoms with E-state index in [2.05, 4.69) is 36.3 Å². The van der Waals surface area contributed by atoms with Crippen molar-refractivity contribution >= 4 is 23.0 Å². The van der Waals surface area contributed by atoms with Gasteiger partial charge in [-0.25, -0.2) is 4.52 Å². The van der Waals surface area contributed by atoms with Gasteiger partial charge in [0, 0.05) is 48.7 Å². The van der Waals surface area contributed by atoms with Crippen molar-refractivity contribution in [1.82, 2.24) is 24.3 Å². The van der Waals surface area contributed by atoms with E-state index in [1.165, 1.54) is 13.1 Å². The highest BCUT2D eigenvalue weighted by Gasteiger charge is 2.32. The summed E-state index contributed by atoms with van der Waals surface area (Å²) in [6, 6.07) is 2.27. The minimum absolute atomic E-state index is 0.0365. The van der Waals surface area contributed by atoms with Crippen LogP contribution in [0, 0.1) is 5.92 Å². The van der Waals surface area contributed by atoms with Gasteiger partial charge in [-0.05, 0) is 45.6 Å². The van der Waals surface area contributed by atoms with Crippen molar-refractivity contribution in [1.29, 1.82) is 0 Å². The summed E-state index contributed by atoms with van der Waals surface area (Å²) < 4.78 is 3.64. The van der Waals surface area contributed by atoms with Crippen molar-refractivity contribution < 1.29 is 14.7 Å². The average Bonchev–Trinajstić information content (AvgIpc) is 3.46. The molecular weight excluding hydrogens is 434 g/mol. The Balaban J connectivity index is 1.68. The lowest BCUT2D eigenvalue weighted by Crippen LogP contribution is -2.50. The van der Waals surface area contributed by atoms with Gasteiger partial charge in [0.1, 0.15) is 6.10 Å². The molecule has 1 aliphatic rings. The zero-order valence-electron chi connectivity index (χ0n) is 20.1. The normalized spacial score (nSPS) is 19.5. The Hall–Kier alpha value is -3.40. The third kappa shape index (κ3) is 4.50. The second kappa shape index (κ2) is 9.46. The topological polar surface area (TPSA) is 131 Å². The third-order valence-electron chi connectivity index (χ3n) is 6.62. The predicted molar refractivity (Wildman–Crippen MR) is 129 cm³/mol. The van der Waals surface area contributed by atoms with Crippen LogP contribution < -0.4 is 11.1 Å². The number of hydrogen-bond acceptors (Lipinski definition) is 6. The van der Waals surface area contributed by atoms with Crippen molar-refractivity contribution in [2.45, 2.75) is 58.7 Å². The number of aromatic nitrogens is 4. The average molecular weight is 468 g/mol. The monoisotopic (exact) mass is 467 g/mol. The number of aliphatic hydroxyl groups excluding tert-OH is 1. The van der Waals surface area contributed by atoms with Crippen LogP contribution in [0.2, 0.25) is 0 Å². The molecule has 3 aromatic heterocycles. The first-order chi connectivity index (χ1) is 16.2. The van der Waals surface area contributed by atoms with Gasteiger partial charge in [-0.15, -0.1) is 0 Å². The number of primary amides is 1. The lowest BCUT2D eigenvalue weighted by atomic mass is 9.89. The number of aliphatic hydroxyl groups is 1. The van der Waals surface area contributed by atoms with Crippen LogP contribution in [0.4, 0.5) is 5.69 Å². The fourth-order valence-corrected chi connectivity index (χ4v) is 4.61. The smallest absolute Gasteiger partial charge is 0.252 e. The summed E-state index contributed by atoms with van der Waals surface area (Å²) in [6.07, 6.45) is 7.73. The summed E-state index contributed by atoms with van der Waals surface area (Å²) >= 11 is 0. The van der Waals surface area contributed by atoms with Gasteiger partial charge in [0.05, 0.1) is 29.2 Å². The van der Waals surface area contributed by atoms with E-state index in [1.54, 1.807) is 9.42 Å². The number of piperidine rings is 1. The second-order valence-corrected chi connectivity index (χ2v) is 9.33. The number of rotatable bonds is 7. The van der Waals surface area contributed by atoms with E-state index >= 15 is 0 Å². The minimum atomic E-state index is -1.01. The molecule has 0 spiro atoms. The van der Waals surface area contributed by atoms with Crippen LogP contribution >= 0.6 is 0 Å². The molecule has 4 rings (SSSR count). The van der Waals surface area contributed by atoms with Gasteiger partial charge in [-0.1, -0.05) is 6.92 Å². The maximum atomic E-state index is 12.3. The second-order valence-electron chi connectivity index (χ2n) is 9.33. The van der Waals surface area contributed by atoms with Crippen molar-refractivity contribution in [3.05, 3.63) is 36.4 Å². The third-order valence-corrected chi connectivity index (χ3v) is 6.62. The molecule has 10 nitrogen and oxygen atoms in total. The van der Waals surface area contributed by atoms with Crippen LogP contribution in [0.5, 0.6) is 0 Å². The first-order valence-corrected chi connectivity index (χ1v) is 11.8. The number of nitrogens with two attached hydrogens (primary N) is 1. The Morgan fingerprint density at radius 1 is 1.21 bits per heavy atom. The summed E-state index contributed by atoms with van der Waals surface area (Å²) in [5.41, 5.74) is 9.32. The van der Waals surface area contributed by atoms with E-state index in [9.17, 15) is 14.7 Å². The molecule has 0 aromatic carbocycles. The maximum absolute atomic E-state index is 12.3. The fourth-order valence-electron chi connectivity index (χ4n) is 4.61. The molecule has 2 amide bonds. The molecule has 34 heavy (non-hydrogen) atoms. The van der Waals surface area contributed by atoms with Crippen LogP contribution in [-0.2, 0) is 4.79 Å². The Kier molecular flexibility index (Phi) is 6.60. The molecule has 0 aliphatic carbocycles. The summed E-state index contributed by atoms with van der Waals surface area (Å²) in [4.78, 5) is 26.3. The molecule has 182 valence electrons. The number of anilines is 1. The van der Waals surface area contributed by atoms with Gasteiger partial charge < -0.3 is 21.1 Å². The first kappa shape index (κ1) is 23.7. The number of carbonyl (C=O) groups is 2. The van der Waals surface area contributed by atoms with E-state index in [-0.39, 0.29) is 23.9 Å². The zero-order chi connectivity index (χ0) is 24.6. The van der Waals surface area contributed by atoms with Gasteiger partial charge in [-0.2, -0.15) is 10.2 Å². The molecule has 0 unspecified atom stereocenters. The van der Waals surface area contributed by atoms with Crippen molar-refractivity contribution in [3.8, 4) is 11.1 Å². The van der Waals surface area contributed by atoms with Crippen molar-refractivity contribution in [2.75, 3.05) is 18.4 Å². The molecule has 0 radical (unpaired) electrons. The molecular formula is C24H33N7O3. The number of nitrogens with one attached hydrogen (secondary N) is 1. The highest BCUT2D eigenvalue weighted by molar-refractivity contribution is 6.02. The lowest BCUT2D eigenvalue weighted by Gasteiger charge is -2.39. The molecule has 4 heterocycles. The SMILES string of the molecule is CC[C@@H]1CN(C(=O)[C@@H](C)O)CC[C@H]1Nc1c(C(N)=O)cnn2cc(-c3cnn(C(C)C)c3)cc12. The van der Waals surface area contributed by atoms with E-state index in [0.29, 0.717) is 30.8 Å². The number of hydrogen-bond donors (Lipinski definition) is 3. The number of amides is 2. The standard InChI is InChI=1S/C24H33N7O3/c1-5-16-11-29(24(34)15(4)32)7-6-20(16)28-22-19(23(25)33)10-27-31-12-17(8-21(22)31)18-9-26-30(13-18)14(2)3/h8-10,12-16,20,28,32H,5-7,11H2,1-4H3,(H2,25,33)/t15-,16-,20-/m1/s1. The summed E-state index contributed by atoms with van der Waals surface area (Å²) in [6.45, 7) is 8.79. The van der Waals surface area contributed by atoms with E-state index < -0.39 is 12.0 Å². The Bertz CT molecular complexity index is 1200.